The normalized spacial score (nSPS) is 14.5. The van der Waals surface area contributed by atoms with Crippen LogP contribution in [-0.4, -0.2) is 34.4 Å². The van der Waals surface area contributed by atoms with Gasteiger partial charge in [0.05, 0.1) is 17.9 Å². The van der Waals surface area contributed by atoms with Crippen molar-refractivity contribution in [1.82, 2.24) is 9.88 Å². The third-order valence-electron chi connectivity index (χ3n) is 5.05. The van der Waals surface area contributed by atoms with E-state index in [1.54, 1.807) is 26.0 Å². The van der Waals surface area contributed by atoms with E-state index < -0.39 is 5.97 Å². The number of ether oxygens (including phenoxy) is 1. The lowest BCUT2D eigenvalue weighted by atomic mass is 10.1. The zero-order valence-electron chi connectivity index (χ0n) is 16.1. The number of aromatic nitrogens is 1. The van der Waals surface area contributed by atoms with Crippen molar-refractivity contribution >= 4 is 11.9 Å². The van der Waals surface area contributed by atoms with Crippen molar-refractivity contribution in [2.45, 2.75) is 46.2 Å². The van der Waals surface area contributed by atoms with Crippen LogP contribution in [0.25, 0.3) is 0 Å². The second-order valence-electron chi connectivity index (χ2n) is 7.05. The van der Waals surface area contributed by atoms with Crippen LogP contribution < -0.4 is 0 Å². The Bertz CT molecular complexity index is 816. The predicted molar refractivity (Wildman–Crippen MR) is 103 cm³/mol. The molecular weight excluding hydrogens is 340 g/mol. The van der Waals surface area contributed by atoms with E-state index in [1.165, 1.54) is 0 Å². The number of rotatable bonds is 7. The first-order valence-electron chi connectivity index (χ1n) is 9.51. The van der Waals surface area contributed by atoms with Gasteiger partial charge in [0.2, 0.25) is 0 Å². The zero-order chi connectivity index (χ0) is 19.4. The lowest BCUT2D eigenvalue weighted by Gasteiger charge is -2.29. The number of pyridine rings is 1. The van der Waals surface area contributed by atoms with E-state index in [9.17, 15) is 9.59 Å². The van der Waals surface area contributed by atoms with Gasteiger partial charge in [-0.05, 0) is 57.2 Å². The predicted octanol–water partition coefficient (Wildman–Crippen LogP) is 4.01. The van der Waals surface area contributed by atoms with Crippen molar-refractivity contribution in [2.24, 2.45) is 5.92 Å². The van der Waals surface area contributed by atoms with E-state index in [-0.39, 0.29) is 11.9 Å². The molecule has 1 amide bonds. The summed E-state index contributed by atoms with van der Waals surface area (Å²) in [5.74, 6) is 0.0447. The number of hydrogen-bond acceptors (Lipinski definition) is 4. The highest BCUT2D eigenvalue weighted by atomic mass is 16.5. The van der Waals surface area contributed by atoms with Crippen LogP contribution in [0.15, 0.2) is 42.5 Å². The van der Waals surface area contributed by atoms with Crippen LogP contribution in [0.3, 0.4) is 0 Å². The molecule has 1 saturated carbocycles. The number of carbonyl (C=O) groups is 2. The number of aryl methyl sites for hydroxylation is 1. The summed E-state index contributed by atoms with van der Waals surface area (Å²) in [4.78, 5) is 31.5. The minimum atomic E-state index is -0.408. The Kier molecular flexibility index (Phi) is 5.89. The molecule has 0 saturated heterocycles. The average Bonchev–Trinajstić information content (AvgIpc) is 3.51. The molecule has 1 unspecified atom stereocenters. The summed E-state index contributed by atoms with van der Waals surface area (Å²) in [6.07, 6.45) is 2.32. The SMILES string of the molecule is CCOC(=O)c1ccc(C(=O)N(Cc2ccccc2)C(C)C2CC2)nc1C. The molecule has 1 aliphatic rings. The molecule has 0 aliphatic heterocycles. The maximum Gasteiger partial charge on any atom is 0.339 e. The van der Waals surface area contributed by atoms with Crippen molar-refractivity contribution in [3.63, 3.8) is 0 Å². The van der Waals surface area contributed by atoms with E-state index in [4.69, 9.17) is 4.74 Å². The second-order valence-corrected chi connectivity index (χ2v) is 7.05. The van der Waals surface area contributed by atoms with Gasteiger partial charge in [-0.15, -0.1) is 0 Å². The molecule has 27 heavy (non-hydrogen) atoms. The molecule has 0 bridgehead atoms. The molecule has 2 aromatic rings. The van der Waals surface area contributed by atoms with Crippen molar-refractivity contribution in [3.05, 3.63) is 65.0 Å². The molecule has 5 heteroatoms. The fourth-order valence-corrected chi connectivity index (χ4v) is 3.27. The monoisotopic (exact) mass is 366 g/mol. The van der Waals surface area contributed by atoms with Crippen LogP contribution in [0.4, 0.5) is 0 Å². The Hall–Kier alpha value is -2.69. The largest absolute Gasteiger partial charge is 0.462 e. The quantitative estimate of drug-likeness (QED) is 0.695. The smallest absolute Gasteiger partial charge is 0.339 e. The number of esters is 1. The van der Waals surface area contributed by atoms with Gasteiger partial charge in [-0.2, -0.15) is 0 Å². The number of nitrogens with zero attached hydrogens (tertiary/aromatic N) is 2. The van der Waals surface area contributed by atoms with Gasteiger partial charge in [-0.25, -0.2) is 9.78 Å². The summed E-state index contributed by atoms with van der Waals surface area (Å²) in [7, 11) is 0. The Morgan fingerprint density at radius 2 is 1.89 bits per heavy atom. The first kappa shape index (κ1) is 19.1. The molecule has 1 aliphatic carbocycles. The van der Waals surface area contributed by atoms with E-state index >= 15 is 0 Å². The zero-order valence-corrected chi connectivity index (χ0v) is 16.1. The van der Waals surface area contributed by atoms with Gasteiger partial charge >= 0.3 is 5.97 Å². The Labute approximate surface area is 160 Å². The minimum Gasteiger partial charge on any atom is -0.462 e. The van der Waals surface area contributed by atoms with Gasteiger partial charge < -0.3 is 9.64 Å². The molecule has 0 N–H and O–H groups in total. The molecule has 1 aromatic heterocycles. The van der Waals surface area contributed by atoms with E-state index in [1.807, 2.05) is 35.2 Å². The van der Waals surface area contributed by atoms with Gasteiger partial charge in [0.15, 0.2) is 0 Å². The maximum atomic E-state index is 13.2. The molecule has 3 rings (SSSR count). The Morgan fingerprint density at radius 1 is 1.19 bits per heavy atom. The lowest BCUT2D eigenvalue weighted by molar-refractivity contribution is 0.0523. The summed E-state index contributed by atoms with van der Waals surface area (Å²) in [6.45, 7) is 6.47. The fourth-order valence-electron chi connectivity index (χ4n) is 3.27. The van der Waals surface area contributed by atoms with Crippen LogP contribution in [0.5, 0.6) is 0 Å². The fraction of sp³-hybridized carbons (Fsp3) is 0.409. The molecule has 1 heterocycles. The van der Waals surface area contributed by atoms with Crippen LogP contribution >= 0.6 is 0 Å². The molecule has 142 valence electrons. The standard InChI is InChI=1S/C22H26N2O3/c1-4-27-22(26)19-12-13-20(23-15(19)2)21(25)24(16(3)18-10-11-18)14-17-8-6-5-7-9-17/h5-9,12-13,16,18H,4,10-11,14H2,1-3H3. The Morgan fingerprint density at radius 3 is 2.48 bits per heavy atom. The van der Waals surface area contributed by atoms with Crippen LogP contribution in [0, 0.1) is 12.8 Å². The van der Waals surface area contributed by atoms with Crippen molar-refractivity contribution < 1.29 is 14.3 Å². The van der Waals surface area contributed by atoms with Crippen molar-refractivity contribution in [3.8, 4) is 0 Å². The van der Waals surface area contributed by atoms with E-state index in [0.717, 1.165) is 18.4 Å². The van der Waals surface area contributed by atoms with E-state index in [0.29, 0.717) is 36.0 Å². The summed E-state index contributed by atoms with van der Waals surface area (Å²) in [6, 6.07) is 13.4. The molecule has 1 fully saturated rings. The second kappa shape index (κ2) is 8.33. The highest BCUT2D eigenvalue weighted by molar-refractivity contribution is 5.95. The summed E-state index contributed by atoms with van der Waals surface area (Å²) >= 11 is 0. The van der Waals surface area contributed by atoms with E-state index in [2.05, 4.69) is 11.9 Å². The number of hydrogen-bond donors (Lipinski definition) is 0. The lowest BCUT2D eigenvalue weighted by Crippen LogP contribution is -2.40. The van der Waals surface area contributed by atoms with Crippen molar-refractivity contribution in [2.75, 3.05) is 6.61 Å². The number of carbonyl (C=O) groups excluding carboxylic acids is 2. The number of benzene rings is 1. The van der Waals surface area contributed by atoms with Gasteiger partial charge in [-0.3, -0.25) is 4.79 Å². The van der Waals surface area contributed by atoms with Crippen LogP contribution in [-0.2, 0) is 11.3 Å². The van der Waals surface area contributed by atoms with Crippen LogP contribution in [0.2, 0.25) is 0 Å². The summed E-state index contributed by atoms with van der Waals surface area (Å²) in [5.41, 5.74) is 2.37. The summed E-state index contributed by atoms with van der Waals surface area (Å²) < 4.78 is 5.04. The highest BCUT2D eigenvalue weighted by Gasteiger charge is 2.35. The van der Waals surface area contributed by atoms with Crippen LogP contribution in [0.1, 0.15) is 58.8 Å². The van der Waals surface area contributed by atoms with Gasteiger partial charge in [0.1, 0.15) is 5.69 Å². The van der Waals surface area contributed by atoms with Crippen molar-refractivity contribution in [1.29, 1.82) is 0 Å². The average molecular weight is 366 g/mol. The molecular formula is C22H26N2O3. The Balaban J connectivity index is 1.85. The summed E-state index contributed by atoms with van der Waals surface area (Å²) in [5, 5.41) is 0. The minimum absolute atomic E-state index is 0.100. The molecule has 0 radical (unpaired) electrons. The third kappa shape index (κ3) is 4.54. The molecule has 1 aromatic carbocycles. The highest BCUT2D eigenvalue weighted by Crippen LogP contribution is 2.36. The molecule has 1 atom stereocenters. The van der Waals surface area contributed by atoms with Gasteiger partial charge in [0.25, 0.3) is 5.91 Å². The molecule has 0 spiro atoms. The topological polar surface area (TPSA) is 59.5 Å². The van der Waals surface area contributed by atoms with Gasteiger partial charge in [-0.1, -0.05) is 30.3 Å². The first-order chi connectivity index (χ1) is 13.0. The maximum absolute atomic E-state index is 13.2. The number of amides is 1. The van der Waals surface area contributed by atoms with Gasteiger partial charge in [0, 0.05) is 12.6 Å². The first-order valence-corrected chi connectivity index (χ1v) is 9.51. The third-order valence-corrected chi connectivity index (χ3v) is 5.05. The molecule has 5 nitrogen and oxygen atoms in total.